The summed E-state index contributed by atoms with van der Waals surface area (Å²) in [5.74, 6) is 1.89. The van der Waals surface area contributed by atoms with Gasteiger partial charge in [-0.2, -0.15) is 0 Å². The topological polar surface area (TPSA) is 91.8 Å². The fourth-order valence-electron chi connectivity index (χ4n) is 2.54. The number of ether oxygens (including phenoxy) is 4. The number of carbonyl (C=O) groups is 1. The van der Waals surface area contributed by atoms with Crippen molar-refractivity contribution in [2.45, 2.75) is 0 Å². The van der Waals surface area contributed by atoms with Gasteiger partial charge in [0.05, 0.1) is 27.0 Å². The molecule has 3 aromatic rings. The summed E-state index contributed by atoms with van der Waals surface area (Å²) in [6.07, 6.45) is 0.621. The van der Waals surface area contributed by atoms with E-state index < -0.39 is 6.16 Å². The summed E-state index contributed by atoms with van der Waals surface area (Å²) in [6.45, 7) is 0. The van der Waals surface area contributed by atoms with Gasteiger partial charge < -0.3 is 24.3 Å². The van der Waals surface area contributed by atoms with Crippen LogP contribution in [0, 0.1) is 0 Å². The Labute approximate surface area is 162 Å². The van der Waals surface area contributed by atoms with E-state index in [2.05, 4.69) is 20.0 Å². The second-order valence-corrected chi connectivity index (χ2v) is 5.54. The predicted octanol–water partition coefficient (Wildman–Crippen LogP) is 4.05. The van der Waals surface area contributed by atoms with E-state index in [1.165, 1.54) is 20.5 Å². The second-order valence-electron chi connectivity index (χ2n) is 5.54. The van der Waals surface area contributed by atoms with Crippen LogP contribution >= 0.6 is 0 Å². The molecule has 0 saturated heterocycles. The van der Waals surface area contributed by atoms with Crippen LogP contribution in [0.5, 0.6) is 17.2 Å². The van der Waals surface area contributed by atoms with Crippen LogP contribution in [0.1, 0.15) is 0 Å². The van der Waals surface area contributed by atoms with Crippen LogP contribution in [0.3, 0.4) is 0 Å². The number of hydrogen-bond acceptors (Lipinski definition) is 8. The molecule has 0 spiro atoms. The minimum absolute atomic E-state index is 0.221. The van der Waals surface area contributed by atoms with Crippen LogP contribution in [0.25, 0.3) is 11.3 Å². The first kappa shape index (κ1) is 19.0. The van der Waals surface area contributed by atoms with E-state index >= 15 is 0 Å². The number of para-hydroxylation sites is 1. The number of carbonyl (C=O) groups excluding carboxylic acids is 1. The molecule has 0 atom stereocenters. The van der Waals surface area contributed by atoms with Crippen LogP contribution in [-0.4, -0.2) is 37.5 Å². The molecule has 8 nitrogen and oxygen atoms in total. The third-order valence-electron chi connectivity index (χ3n) is 3.85. The van der Waals surface area contributed by atoms with E-state index in [9.17, 15) is 4.79 Å². The van der Waals surface area contributed by atoms with Gasteiger partial charge >= 0.3 is 6.16 Å². The monoisotopic (exact) mass is 381 g/mol. The Bertz CT molecular complexity index is 978. The summed E-state index contributed by atoms with van der Waals surface area (Å²) in [5.41, 5.74) is 2.19. The van der Waals surface area contributed by atoms with Crippen molar-refractivity contribution in [1.29, 1.82) is 0 Å². The lowest BCUT2D eigenvalue weighted by atomic mass is 10.1. The number of aromatic nitrogens is 2. The van der Waals surface area contributed by atoms with E-state index in [0.29, 0.717) is 28.7 Å². The predicted molar refractivity (Wildman–Crippen MR) is 103 cm³/mol. The molecule has 0 radical (unpaired) electrons. The van der Waals surface area contributed by atoms with Crippen molar-refractivity contribution in [1.82, 2.24) is 9.97 Å². The SMILES string of the molecule is COC(=O)Oc1cc(Nc2cc(-c3ccccc3OC)ncn2)ccc1OC. The average molecular weight is 381 g/mol. The normalized spacial score (nSPS) is 10.1. The number of benzene rings is 2. The Morgan fingerprint density at radius 2 is 1.68 bits per heavy atom. The first-order valence-corrected chi connectivity index (χ1v) is 8.31. The molecule has 0 bridgehead atoms. The molecule has 0 saturated carbocycles. The number of nitrogens with one attached hydrogen (secondary N) is 1. The fourth-order valence-corrected chi connectivity index (χ4v) is 2.54. The summed E-state index contributed by atoms with van der Waals surface area (Å²) in [6, 6.07) is 14.4. The molecule has 0 unspecified atom stereocenters. The standard InChI is InChI=1S/C20H19N3O5/c1-25-16-7-5-4-6-14(16)15-11-19(22-12-21-15)23-13-8-9-17(26-2)18(10-13)28-20(24)27-3/h4-12H,1-3H3,(H,21,22,23). The summed E-state index contributed by atoms with van der Waals surface area (Å²) in [5, 5.41) is 3.15. The van der Waals surface area contributed by atoms with Gasteiger partial charge in [-0.05, 0) is 24.3 Å². The molecule has 28 heavy (non-hydrogen) atoms. The van der Waals surface area contributed by atoms with Crippen molar-refractivity contribution < 1.29 is 23.7 Å². The zero-order valence-corrected chi connectivity index (χ0v) is 15.6. The maximum absolute atomic E-state index is 11.4. The molecule has 3 rings (SSSR count). The lowest BCUT2D eigenvalue weighted by Gasteiger charge is -2.12. The molecule has 0 fully saturated rings. The van der Waals surface area contributed by atoms with Gasteiger partial charge in [0, 0.05) is 23.4 Å². The summed E-state index contributed by atoms with van der Waals surface area (Å²) in [4.78, 5) is 20.0. The highest BCUT2D eigenvalue weighted by molar-refractivity contribution is 5.72. The third kappa shape index (κ3) is 4.29. The maximum atomic E-state index is 11.4. The zero-order valence-electron chi connectivity index (χ0n) is 15.6. The molecule has 8 heteroatoms. The maximum Gasteiger partial charge on any atom is 0.513 e. The van der Waals surface area contributed by atoms with Crippen molar-refractivity contribution in [3.63, 3.8) is 0 Å². The van der Waals surface area contributed by atoms with Gasteiger partial charge in [-0.1, -0.05) is 12.1 Å². The Hall–Kier alpha value is -3.81. The van der Waals surface area contributed by atoms with Gasteiger partial charge in [0.1, 0.15) is 17.9 Å². The van der Waals surface area contributed by atoms with Crippen molar-refractivity contribution in [2.24, 2.45) is 0 Å². The first-order chi connectivity index (χ1) is 13.6. The smallest absolute Gasteiger partial charge is 0.496 e. The molecule has 1 N–H and O–H groups in total. The van der Waals surface area contributed by atoms with Gasteiger partial charge in [-0.25, -0.2) is 14.8 Å². The first-order valence-electron chi connectivity index (χ1n) is 8.31. The zero-order chi connectivity index (χ0) is 19.9. The fraction of sp³-hybridized carbons (Fsp3) is 0.150. The Morgan fingerprint density at radius 1 is 0.893 bits per heavy atom. The Morgan fingerprint density at radius 3 is 2.43 bits per heavy atom. The van der Waals surface area contributed by atoms with Crippen LogP contribution in [0.15, 0.2) is 54.9 Å². The highest BCUT2D eigenvalue weighted by Crippen LogP contribution is 2.33. The van der Waals surface area contributed by atoms with Gasteiger partial charge in [0.15, 0.2) is 11.5 Å². The lowest BCUT2D eigenvalue weighted by molar-refractivity contribution is 0.120. The minimum Gasteiger partial charge on any atom is -0.496 e. The van der Waals surface area contributed by atoms with Crippen molar-refractivity contribution >= 4 is 17.7 Å². The number of anilines is 2. The van der Waals surface area contributed by atoms with Crippen LogP contribution in [0.4, 0.5) is 16.3 Å². The van der Waals surface area contributed by atoms with E-state index in [4.69, 9.17) is 14.2 Å². The average Bonchev–Trinajstić information content (AvgIpc) is 2.74. The van der Waals surface area contributed by atoms with Crippen LogP contribution in [-0.2, 0) is 4.74 Å². The molecular weight excluding hydrogens is 362 g/mol. The van der Waals surface area contributed by atoms with Crippen molar-refractivity contribution in [2.75, 3.05) is 26.6 Å². The second kappa shape index (κ2) is 8.72. The summed E-state index contributed by atoms with van der Waals surface area (Å²) < 4.78 is 20.2. The van der Waals surface area contributed by atoms with E-state index in [1.54, 1.807) is 31.4 Å². The summed E-state index contributed by atoms with van der Waals surface area (Å²) >= 11 is 0. The molecular formula is C20H19N3O5. The van der Waals surface area contributed by atoms with Crippen LogP contribution in [0.2, 0.25) is 0 Å². The van der Waals surface area contributed by atoms with Gasteiger partial charge in [-0.15, -0.1) is 0 Å². The van der Waals surface area contributed by atoms with Gasteiger partial charge in [-0.3, -0.25) is 0 Å². The summed E-state index contributed by atoms with van der Waals surface area (Å²) in [7, 11) is 4.33. The third-order valence-corrected chi connectivity index (χ3v) is 3.85. The molecule has 0 aliphatic carbocycles. The van der Waals surface area contributed by atoms with Crippen molar-refractivity contribution in [3.05, 3.63) is 54.9 Å². The highest BCUT2D eigenvalue weighted by Gasteiger charge is 2.12. The quantitative estimate of drug-likeness (QED) is 0.505. The number of nitrogens with zero attached hydrogens (tertiary/aromatic N) is 2. The van der Waals surface area contributed by atoms with Gasteiger partial charge in [0.2, 0.25) is 0 Å². The number of rotatable bonds is 6. The molecule has 144 valence electrons. The molecule has 0 amide bonds. The molecule has 0 aliphatic rings. The number of methoxy groups -OCH3 is 3. The van der Waals surface area contributed by atoms with Crippen molar-refractivity contribution in [3.8, 4) is 28.5 Å². The van der Waals surface area contributed by atoms with E-state index in [0.717, 1.165) is 5.56 Å². The largest absolute Gasteiger partial charge is 0.513 e. The highest BCUT2D eigenvalue weighted by atomic mass is 16.7. The number of hydrogen-bond donors (Lipinski definition) is 1. The van der Waals surface area contributed by atoms with E-state index in [1.807, 2.05) is 24.3 Å². The molecule has 1 heterocycles. The molecule has 2 aromatic carbocycles. The molecule has 0 aliphatic heterocycles. The van der Waals surface area contributed by atoms with Crippen LogP contribution < -0.4 is 19.5 Å². The molecule has 1 aromatic heterocycles. The Balaban J connectivity index is 1.88. The lowest BCUT2D eigenvalue weighted by Crippen LogP contribution is -2.08. The van der Waals surface area contributed by atoms with E-state index in [-0.39, 0.29) is 5.75 Å². The van der Waals surface area contributed by atoms with Gasteiger partial charge in [0.25, 0.3) is 0 Å². The minimum atomic E-state index is -0.837. The Kier molecular flexibility index (Phi) is 5.91.